The molecule has 1 aromatic rings. The first-order valence-electron chi connectivity index (χ1n) is 6.87. The van der Waals surface area contributed by atoms with Crippen molar-refractivity contribution in [2.45, 2.75) is 6.42 Å². The lowest BCUT2D eigenvalue weighted by molar-refractivity contribution is -0.126. The standard InChI is InChI=1S/C15H21N3O2.ClH/c1-18(2)15(20)12-5-3-4-11(8-12)6-7-17-14(19)13-9-16-10-13;/h3-5,8,13,16H,6-7,9-10H2,1-2H3,(H,17,19);1H. The molecule has 0 aromatic heterocycles. The Bertz CT molecular complexity index is 501. The number of hydrogen-bond acceptors (Lipinski definition) is 3. The Morgan fingerprint density at radius 2 is 2.05 bits per heavy atom. The highest BCUT2D eigenvalue weighted by molar-refractivity contribution is 5.94. The SMILES string of the molecule is CN(C)C(=O)c1cccc(CCNC(=O)C2CNC2)c1.Cl. The summed E-state index contributed by atoms with van der Waals surface area (Å²) in [6.07, 6.45) is 0.737. The zero-order valence-electron chi connectivity index (χ0n) is 12.4. The summed E-state index contributed by atoms with van der Waals surface area (Å²) in [5.41, 5.74) is 1.74. The van der Waals surface area contributed by atoms with Crippen molar-refractivity contribution in [1.29, 1.82) is 0 Å². The van der Waals surface area contributed by atoms with Gasteiger partial charge in [-0.25, -0.2) is 0 Å². The molecule has 1 heterocycles. The molecule has 0 saturated carbocycles. The molecule has 116 valence electrons. The second-order valence-corrected chi connectivity index (χ2v) is 5.30. The van der Waals surface area contributed by atoms with E-state index in [-0.39, 0.29) is 30.1 Å². The van der Waals surface area contributed by atoms with Gasteiger partial charge in [0.15, 0.2) is 0 Å². The number of amides is 2. The minimum absolute atomic E-state index is 0. The first-order chi connectivity index (χ1) is 9.58. The molecular formula is C15H22ClN3O2. The molecule has 1 fully saturated rings. The van der Waals surface area contributed by atoms with Crippen LogP contribution in [0.25, 0.3) is 0 Å². The van der Waals surface area contributed by atoms with E-state index in [0.29, 0.717) is 12.1 Å². The molecule has 2 amide bonds. The van der Waals surface area contributed by atoms with Crippen LogP contribution in [0.2, 0.25) is 0 Å². The summed E-state index contributed by atoms with van der Waals surface area (Å²) in [5, 5.41) is 6.01. The topological polar surface area (TPSA) is 61.4 Å². The average molecular weight is 312 g/mol. The predicted molar refractivity (Wildman–Crippen MR) is 84.8 cm³/mol. The molecule has 0 spiro atoms. The van der Waals surface area contributed by atoms with Gasteiger partial charge >= 0.3 is 0 Å². The maximum atomic E-state index is 11.9. The molecule has 1 aliphatic heterocycles. The summed E-state index contributed by atoms with van der Waals surface area (Å²) in [5.74, 6) is 0.234. The maximum absolute atomic E-state index is 11.9. The lowest BCUT2D eigenvalue weighted by atomic mass is 10.0. The number of benzene rings is 1. The second-order valence-electron chi connectivity index (χ2n) is 5.30. The molecule has 6 heteroatoms. The van der Waals surface area contributed by atoms with Crippen LogP contribution in [0.1, 0.15) is 15.9 Å². The molecule has 2 N–H and O–H groups in total. The smallest absolute Gasteiger partial charge is 0.253 e. The van der Waals surface area contributed by atoms with Gasteiger partial charge in [-0.15, -0.1) is 12.4 Å². The van der Waals surface area contributed by atoms with E-state index < -0.39 is 0 Å². The molecule has 0 aliphatic carbocycles. The number of halogens is 1. The van der Waals surface area contributed by atoms with Crippen molar-refractivity contribution in [1.82, 2.24) is 15.5 Å². The van der Waals surface area contributed by atoms with Crippen LogP contribution in [0.3, 0.4) is 0 Å². The van der Waals surface area contributed by atoms with E-state index in [1.54, 1.807) is 19.0 Å². The van der Waals surface area contributed by atoms with E-state index in [0.717, 1.165) is 25.1 Å². The fourth-order valence-corrected chi connectivity index (χ4v) is 2.07. The maximum Gasteiger partial charge on any atom is 0.253 e. The highest BCUT2D eigenvalue weighted by Gasteiger charge is 2.24. The van der Waals surface area contributed by atoms with E-state index in [4.69, 9.17) is 0 Å². The van der Waals surface area contributed by atoms with Crippen LogP contribution in [0, 0.1) is 5.92 Å². The largest absolute Gasteiger partial charge is 0.355 e. The van der Waals surface area contributed by atoms with Crippen LogP contribution in [-0.4, -0.2) is 50.4 Å². The van der Waals surface area contributed by atoms with Crippen molar-refractivity contribution in [2.75, 3.05) is 33.7 Å². The van der Waals surface area contributed by atoms with Gasteiger partial charge in [-0.2, -0.15) is 0 Å². The van der Waals surface area contributed by atoms with Crippen molar-refractivity contribution < 1.29 is 9.59 Å². The Kier molecular flexibility index (Phi) is 6.65. The van der Waals surface area contributed by atoms with Gasteiger partial charge in [-0.1, -0.05) is 12.1 Å². The van der Waals surface area contributed by atoms with Crippen LogP contribution in [0.15, 0.2) is 24.3 Å². The summed E-state index contributed by atoms with van der Waals surface area (Å²) in [6.45, 7) is 2.16. The highest BCUT2D eigenvalue weighted by Crippen LogP contribution is 2.08. The van der Waals surface area contributed by atoms with Gasteiger partial charge in [0.05, 0.1) is 5.92 Å². The van der Waals surface area contributed by atoms with Crippen molar-refractivity contribution >= 4 is 24.2 Å². The molecule has 0 atom stereocenters. The van der Waals surface area contributed by atoms with Crippen LogP contribution in [-0.2, 0) is 11.2 Å². The number of carbonyl (C=O) groups is 2. The van der Waals surface area contributed by atoms with Crippen molar-refractivity contribution in [2.24, 2.45) is 5.92 Å². The Morgan fingerprint density at radius 1 is 1.33 bits per heavy atom. The van der Waals surface area contributed by atoms with Gasteiger partial charge in [0.25, 0.3) is 5.91 Å². The quantitative estimate of drug-likeness (QED) is 0.841. The van der Waals surface area contributed by atoms with Crippen molar-refractivity contribution in [3.05, 3.63) is 35.4 Å². The summed E-state index contributed by atoms with van der Waals surface area (Å²) < 4.78 is 0. The molecule has 1 aromatic carbocycles. The first-order valence-corrected chi connectivity index (χ1v) is 6.87. The summed E-state index contributed by atoms with van der Waals surface area (Å²) in [4.78, 5) is 25.1. The van der Waals surface area contributed by atoms with Gasteiger partial charge in [-0.05, 0) is 24.1 Å². The van der Waals surface area contributed by atoms with Crippen LogP contribution >= 0.6 is 12.4 Å². The molecule has 0 radical (unpaired) electrons. The normalized spacial score (nSPS) is 13.8. The van der Waals surface area contributed by atoms with Gasteiger partial charge in [0, 0.05) is 39.3 Å². The lowest BCUT2D eigenvalue weighted by Crippen LogP contribution is -2.51. The molecule has 1 aliphatic rings. The zero-order chi connectivity index (χ0) is 14.5. The molecule has 0 unspecified atom stereocenters. The Hall–Kier alpha value is -1.59. The van der Waals surface area contributed by atoms with E-state index in [1.807, 2.05) is 24.3 Å². The Balaban J connectivity index is 0.00000220. The summed E-state index contributed by atoms with van der Waals surface area (Å²) in [6, 6.07) is 7.55. The molecule has 2 rings (SSSR count). The highest BCUT2D eigenvalue weighted by atomic mass is 35.5. The van der Waals surface area contributed by atoms with E-state index in [9.17, 15) is 9.59 Å². The number of rotatable bonds is 5. The van der Waals surface area contributed by atoms with Gasteiger partial charge in [0.2, 0.25) is 5.91 Å². The lowest BCUT2D eigenvalue weighted by Gasteiger charge is -2.25. The molecule has 21 heavy (non-hydrogen) atoms. The molecule has 0 bridgehead atoms. The summed E-state index contributed by atoms with van der Waals surface area (Å²) in [7, 11) is 3.48. The third kappa shape index (κ3) is 4.72. The van der Waals surface area contributed by atoms with Crippen molar-refractivity contribution in [3.63, 3.8) is 0 Å². The monoisotopic (exact) mass is 311 g/mol. The second kappa shape index (κ2) is 8.00. The molecule has 5 nitrogen and oxygen atoms in total. The van der Waals surface area contributed by atoms with Gasteiger partial charge < -0.3 is 15.5 Å². The third-order valence-electron chi connectivity index (χ3n) is 3.45. The van der Waals surface area contributed by atoms with Gasteiger partial charge in [-0.3, -0.25) is 9.59 Å². The first kappa shape index (κ1) is 17.5. The fraction of sp³-hybridized carbons (Fsp3) is 0.467. The van der Waals surface area contributed by atoms with Crippen LogP contribution in [0.4, 0.5) is 0 Å². The third-order valence-corrected chi connectivity index (χ3v) is 3.45. The summed E-state index contributed by atoms with van der Waals surface area (Å²) >= 11 is 0. The minimum Gasteiger partial charge on any atom is -0.355 e. The van der Waals surface area contributed by atoms with E-state index in [1.165, 1.54) is 0 Å². The van der Waals surface area contributed by atoms with Gasteiger partial charge in [0.1, 0.15) is 0 Å². The predicted octanol–water partition coefficient (Wildman–Crippen LogP) is 0.688. The van der Waals surface area contributed by atoms with Crippen LogP contribution in [0.5, 0.6) is 0 Å². The fourth-order valence-electron chi connectivity index (χ4n) is 2.07. The molecular weight excluding hydrogens is 290 g/mol. The number of nitrogens with one attached hydrogen (secondary N) is 2. The average Bonchev–Trinajstić information content (AvgIpc) is 2.36. The van der Waals surface area contributed by atoms with E-state index in [2.05, 4.69) is 10.6 Å². The zero-order valence-corrected chi connectivity index (χ0v) is 13.2. The van der Waals surface area contributed by atoms with Crippen molar-refractivity contribution in [3.8, 4) is 0 Å². The van der Waals surface area contributed by atoms with E-state index >= 15 is 0 Å². The van der Waals surface area contributed by atoms with Crippen LogP contribution < -0.4 is 10.6 Å². The molecule has 1 saturated heterocycles. The number of hydrogen-bond donors (Lipinski definition) is 2. The minimum atomic E-state index is -0.00331. The Labute approximate surface area is 131 Å². The number of nitrogens with zero attached hydrogens (tertiary/aromatic N) is 1. The number of carbonyl (C=O) groups excluding carboxylic acids is 2. The Morgan fingerprint density at radius 3 is 2.62 bits per heavy atom.